The summed E-state index contributed by atoms with van der Waals surface area (Å²) in [6.45, 7) is 6.35. The number of nitrogens with two attached hydrogens (primary N) is 1. The average Bonchev–Trinajstić information content (AvgIpc) is 3.36. The highest BCUT2D eigenvalue weighted by atomic mass is 32.2. The summed E-state index contributed by atoms with van der Waals surface area (Å²) in [7, 11) is 0. The number of unbranched alkanes of at least 4 members (excludes halogenated alkanes) is 3. The second-order valence-electron chi connectivity index (χ2n) is 8.08. The van der Waals surface area contributed by atoms with Crippen molar-refractivity contribution in [2.24, 2.45) is 5.73 Å². The third kappa shape index (κ3) is 12.1. The van der Waals surface area contributed by atoms with Gasteiger partial charge in [0.25, 0.3) is 0 Å². The van der Waals surface area contributed by atoms with E-state index in [0.29, 0.717) is 36.7 Å². The number of fused-ring (bicyclic) bond motifs is 1. The largest absolute Gasteiger partial charge is 0.332 e. The van der Waals surface area contributed by atoms with Gasteiger partial charge in [0, 0.05) is 29.5 Å². The van der Waals surface area contributed by atoms with Crippen molar-refractivity contribution in [2.75, 3.05) is 17.6 Å². The van der Waals surface area contributed by atoms with Crippen molar-refractivity contribution < 1.29 is 14.4 Å². The van der Waals surface area contributed by atoms with Crippen molar-refractivity contribution in [3.8, 4) is 0 Å². The third-order valence-electron chi connectivity index (χ3n) is 5.37. The molecule has 8 heteroatoms. The second-order valence-corrected chi connectivity index (χ2v) is 9.36. The molecule has 2 aliphatic rings. The highest BCUT2D eigenvalue weighted by Gasteiger charge is 2.42. The van der Waals surface area contributed by atoms with Gasteiger partial charge in [-0.3, -0.25) is 4.79 Å². The second kappa shape index (κ2) is 17.4. The normalized spacial score (nSPS) is 20.2. The monoisotopic (exact) mass is 478 g/mol. The van der Waals surface area contributed by atoms with Crippen LogP contribution >= 0.6 is 11.8 Å². The topological polar surface area (TPSA) is 113 Å². The molecule has 0 aliphatic carbocycles. The molecule has 2 fully saturated rings. The maximum atomic E-state index is 11.4. The first-order valence-corrected chi connectivity index (χ1v) is 13.3. The molecule has 2 saturated heterocycles. The van der Waals surface area contributed by atoms with Crippen LogP contribution in [0.25, 0.3) is 0 Å². The predicted molar refractivity (Wildman–Crippen MR) is 139 cm³/mol. The van der Waals surface area contributed by atoms with Crippen LogP contribution in [0.1, 0.15) is 72.1 Å². The number of thioether (sulfide) groups is 1. The van der Waals surface area contributed by atoms with Gasteiger partial charge in [0.05, 0.1) is 12.1 Å². The molecular weight excluding hydrogens is 436 g/mol. The lowest BCUT2D eigenvalue weighted by Gasteiger charge is -2.16. The summed E-state index contributed by atoms with van der Waals surface area (Å²) in [4.78, 5) is 33.4. The van der Waals surface area contributed by atoms with Crippen LogP contribution in [0.4, 0.5) is 10.5 Å². The van der Waals surface area contributed by atoms with E-state index < -0.39 is 0 Å². The summed E-state index contributed by atoms with van der Waals surface area (Å²) in [5.41, 5.74) is 6.23. The lowest BCUT2D eigenvalue weighted by atomic mass is 10.0. The summed E-state index contributed by atoms with van der Waals surface area (Å²) >= 11 is 1.93. The van der Waals surface area contributed by atoms with Gasteiger partial charge in [-0.25, -0.2) is 4.79 Å². The van der Waals surface area contributed by atoms with Gasteiger partial charge in [-0.2, -0.15) is 11.8 Å². The van der Waals surface area contributed by atoms with Gasteiger partial charge in [-0.1, -0.05) is 44.9 Å². The smallest absolute Gasteiger partial charge is 0.315 e. The molecule has 1 aromatic carbocycles. The van der Waals surface area contributed by atoms with Gasteiger partial charge >= 0.3 is 6.03 Å². The SMILES string of the molecule is CC.CC(=O)CCCCC1SCC2NC(=O)NC21.NCCCCCC(=O)Nc1ccccc1. The molecule has 1 aromatic rings. The van der Waals surface area contributed by atoms with Crippen molar-refractivity contribution in [3.05, 3.63) is 30.3 Å². The van der Waals surface area contributed by atoms with Crippen LogP contribution in [0.2, 0.25) is 0 Å². The molecule has 0 spiro atoms. The quantitative estimate of drug-likeness (QED) is 0.277. The van der Waals surface area contributed by atoms with Crippen molar-refractivity contribution >= 4 is 35.2 Å². The zero-order chi connectivity index (χ0) is 24.5. The predicted octanol–water partition coefficient (Wildman–Crippen LogP) is 4.47. The number of anilines is 1. The summed E-state index contributed by atoms with van der Waals surface area (Å²) in [5, 5.41) is 9.28. The molecule has 2 heterocycles. The number of amides is 3. The highest BCUT2D eigenvalue weighted by Crippen LogP contribution is 2.33. The maximum Gasteiger partial charge on any atom is 0.315 e. The Bertz CT molecular complexity index is 702. The van der Waals surface area contributed by atoms with Crippen LogP contribution in [-0.2, 0) is 9.59 Å². The number of rotatable bonds is 11. The molecule has 3 atom stereocenters. The van der Waals surface area contributed by atoms with E-state index in [1.165, 1.54) is 0 Å². The fourth-order valence-corrected chi connectivity index (χ4v) is 5.26. The van der Waals surface area contributed by atoms with Gasteiger partial charge in [-0.05, 0) is 51.3 Å². The Balaban J connectivity index is 0.000000308. The lowest BCUT2D eigenvalue weighted by Crippen LogP contribution is -2.36. The van der Waals surface area contributed by atoms with Crippen molar-refractivity contribution in [1.82, 2.24) is 10.6 Å². The molecule has 33 heavy (non-hydrogen) atoms. The molecule has 0 saturated carbocycles. The van der Waals surface area contributed by atoms with Crippen LogP contribution in [0.15, 0.2) is 30.3 Å². The molecule has 186 valence electrons. The lowest BCUT2D eigenvalue weighted by molar-refractivity contribution is -0.117. The van der Waals surface area contributed by atoms with Crippen LogP contribution in [0.3, 0.4) is 0 Å². The zero-order valence-corrected chi connectivity index (χ0v) is 21.2. The molecule has 3 amide bonds. The minimum Gasteiger partial charge on any atom is -0.332 e. The Morgan fingerprint density at radius 1 is 1.03 bits per heavy atom. The van der Waals surface area contributed by atoms with E-state index in [1.54, 1.807) is 6.92 Å². The molecule has 2 aliphatic heterocycles. The Morgan fingerprint density at radius 2 is 1.73 bits per heavy atom. The standard InChI is InChI=1S/C12H18N2O.C11H18N2O2S.C2H6/c13-10-6-2-5-9-12(15)14-11-7-3-1-4-8-11;1-7(14)4-2-3-5-9-10-8(6-16-9)12-11(15)13-10;1-2/h1,3-4,7-8H,2,5-6,9-10,13H2,(H,14,15);8-10H,2-6H2,1H3,(H2,12,13,15);1-2H3. The number of nitrogens with one attached hydrogen (secondary N) is 3. The van der Waals surface area contributed by atoms with E-state index in [4.69, 9.17) is 5.73 Å². The molecule has 0 bridgehead atoms. The molecule has 5 N–H and O–H groups in total. The third-order valence-corrected chi connectivity index (χ3v) is 6.88. The van der Waals surface area contributed by atoms with Crippen LogP contribution in [0.5, 0.6) is 0 Å². The summed E-state index contributed by atoms with van der Waals surface area (Å²) in [6.07, 6.45) is 7.36. The average molecular weight is 479 g/mol. The fourth-order valence-electron chi connectivity index (χ4n) is 3.71. The van der Waals surface area contributed by atoms with E-state index in [2.05, 4.69) is 16.0 Å². The molecular formula is C25H42N4O3S. The van der Waals surface area contributed by atoms with Gasteiger partial charge in [-0.15, -0.1) is 0 Å². The van der Waals surface area contributed by atoms with Crippen molar-refractivity contribution in [3.63, 3.8) is 0 Å². The Kier molecular flexibility index (Phi) is 15.3. The van der Waals surface area contributed by atoms with Crippen LogP contribution < -0.4 is 21.7 Å². The summed E-state index contributed by atoms with van der Waals surface area (Å²) < 4.78 is 0. The zero-order valence-electron chi connectivity index (χ0n) is 20.4. The number of ketones is 1. The van der Waals surface area contributed by atoms with E-state index >= 15 is 0 Å². The number of hydrogen-bond donors (Lipinski definition) is 4. The van der Waals surface area contributed by atoms with Crippen molar-refractivity contribution in [2.45, 2.75) is 89.5 Å². The first kappa shape index (κ1) is 29.0. The number of hydrogen-bond acceptors (Lipinski definition) is 5. The minimum absolute atomic E-state index is 0.0240. The first-order valence-electron chi connectivity index (χ1n) is 12.2. The maximum absolute atomic E-state index is 11.4. The van der Waals surface area contributed by atoms with E-state index in [-0.39, 0.29) is 17.7 Å². The van der Waals surface area contributed by atoms with Gasteiger partial charge < -0.3 is 26.5 Å². The highest BCUT2D eigenvalue weighted by molar-refractivity contribution is 8.00. The van der Waals surface area contributed by atoms with Gasteiger partial charge in [0.2, 0.25) is 5.91 Å². The molecule has 7 nitrogen and oxygen atoms in total. The number of carbonyl (C=O) groups is 3. The Labute approximate surface area is 203 Å². The number of carbonyl (C=O) groups excluding carboxylic acids is 3. The summed E-state index contributed by atoms with van der Waals surface area (Å²) in [5.74, 6) is 1.37. The molecule has 0 radical (unpaired) electrons. The van der Waals surface area contributed by atoms with E-state index in [1.807, 2.05) is 55.9 Å². The minimum atomic E-state index is -0.0240. The van der Waals surface area contributed by atoms with E-state index in [9.17, 15) is 14.4 Å². The van der Waals surface area contributed by atoms with E-state index in [0.717, 1.165) is 50.0 Å². The Morgan fingerprint density at radius 3 is 2.39 bits per heavy atom. The number of urea groups is 1. The number of Topliss-reactive ketones (excluding diaryl/α,β-unsaturated/α-hetero) is 1. The number of para-hydroxylation sites is 1. The fraction of sp³-hybridized carbons (Fsp3) is 0.640. The van der Waals surface area contributed by atoms with Crippen LogP contribution in [-0.4, -0.2) is 47.4 Å². The first-order chi connectivity index (χ1) is 16.0. The molecule has 3 rings (SSSR count). The van der Waals surface area contributed by atoms with Crippen molar-refractivity contribution in [1.29, 1.82) is 0 Å². The van der Waals surface area contributed by atoms with Gasteiger partial charge in [0.1, 0.15) is 5.78 Å². The van der Waals surface area contributed by atoms with Crippen LogP contribution in [0, 0.1) is 0 Å². The number of benzene rings is 1. The molecule has 3 unspecified atom stereocenters. The van der Waals surface area contributed by atoms with Gasteiger partial charge in [0.15, 0.2) is 0 Å². The summed E-state index contributed by atoms with van der Waals surface area (Å²) in [6, 6.07) is 10.1. The Hall–Kier alpha value is -2.06. The molecule has 0 aromatic heterocycles.